The van der Waals surface area contributed by atoms with E-state index in [0.717, 1.165) is 59.5 Å². The maximum Gasteiger partial charge on any atom is 0.296 e. The molecule has 0 heterocycles. The number of fused-ring (bicyclic) bond motifs is 17. The maximum absolute atomic E-state index is 13.5. The van der Waals surface area contributed by atoms with Crippen molar-refractivity contribution in [3.05, 3.63) is 59.7 Å². The lowest BCUT2D eigenvalue weighted by molar-refractivity contribution is -0.389. The molecule has 9 saturated carbocycles. The van der Waals surface area contributed by atoms with Gasteiger partial charge in [0.15, 0.2) is 0 Å². The molecular formula is C40H50O6S2. The Labute approximate surface area is 287 Å². The maximum atomic E-state index is 13.5. The highest BCUT2D eigenvalue weighted by atomic mass is 32.2. The van der Waals surface area contributed by atoms with Crippen LogP contribution in [0.5, 0.6) is 0 Å². The van der Waals surface area contributed by atoms with Gasteiger partial charge >= 0.3 is 0 Å². The minimum atomic E-state index is -3.95. The minimum absolute atomic E-state index is 0.0489. The first kappa shape index (κ1) is 31.0. The SMILES string of the molecule is Cc1ccc(S(=O)(=O)OC[C@H]2[C@H](COS(=O)(=O)c3ccc(C)cc3)[C@@H]3CC[C@H]2[C@H]2[C@H]4C[C@@H]([C@@H]32)[C@H]2[C@@H]4[C@]3(C)[C@H]4[C@@H]5CC[C@@H](C5)[C@H]4[C@]23C)cc1. The van der Waals surface area contributed by atoms with Crippen LogP contribution >= 0.6 is 0 Å². The van der Waals surface area contributed by atoms with Gasteiger partial charge in [0.2, 0.25) is 0 Å². The zero-order chi connectivity index (χ0) is 33.1. The van der Waals surface area contributed by atoms with Gasteiger partial charge in [-0.15, -0.1) is 0 Å². The number of rotatable bonds is 8. The molecule has 16 atom stereocenters. The van der Waals surface area contributed by atoms with E-state index in [2.05, 4.69) is 13.8 Å². The lowest BCUT2D eigenvalue weighted by Gasteiger charge is -2.85. The van der Waals surface area contributed by atoms with E-state index in [1.807, 2.05) is 13.8 Å². The fourth-order valence-electron chi connectivity index (χ4n) is 15.8. The summed E-state index contributed by atoms with van der Waals surface area (Å²) in [6.45, 7) is 9.44. The molecule has 6 nitrogen and oxygen atoms in total. The summed E-state index contributed by atoms with van der Waals surface area (Å²) < 4.78 is 65.8. The molecule has 0 unspecified atom stereocenters. The molecule has 0 spiro atoms. The van der Waals surface area contributed by atoms with Crippen molar-refractivity contribution in [3.63, 3.8) is 0 Å². The monoisotopic (exact) mass is 690 g/mol. The van der Waals surface area contributed by atoms with Gasteiger partial charge in [0, 0.05) is 0 Å². The average Bonchev–Trinajstić information content (AvgIpc) is 3.86. The van der Waals surface area contributed by atoms with Crippen LogP contribution < -0.4 is 0 Å². The highest BCUT2D eigenvalue weighted by Crippen LogP contribution is 2.94. The molecule has 0 radical (unpaired) electrons. The van der Waals surface area contributed by atoms with E-state index in [-0.39, 0.29) is 34.8 Å². The molecular weight excluding hydrogens is 641 g/mol. The zero-order valence-electron chi connectivity index (χ0n) is 28.6. The van der Waals surface area contributed by atoms with E-state index >= 15 is 0 Å². The van der Waals surface area contributed by atoms with Crippen molar-refractivity contribution in [3.8, 4) is 0 Å². The molecule has 9 aliphatic rings. The van der Waals surface area contributed by atoms with Gasteiger partial charge in [-0.05, 0) is 170 Å². The van der Waals surface area contributed by atoms with Crippen molar-refractivity contribution >= 4 is 20.2 Å². The van der Waals surface area contributed by atoms with Crippen LogP contribution in [-0.4, -0.2) is 30.0 Å². The molecule has 0 aliphatic heterocycles. The van der Waals surface area contributed by atoms with Crippen LogP contribution in [0.15, 0.2) is 58.3 Å². The molecule has 0 amide bonds. The quantitative estimate of drug-likeness (QED) is 0.267. The van der Waals surface area contributed by atoms with E-state index in [1.165, 1.54) is 25.7 Å². The fraction of sp³-hybridized carbons (Fsp3) is 0.700. The van der Waals surface area contributed by atoms with E-state index in [1.54, 1.807) is 48.5 Å². The summed E-state index contributed by atoms with van der Waals surface area (Å²) in [5.74, 6) is 8.55. The van der Waals surface area contributed by atoms with Gasteiger partial charge in [-0.3, -0.25) is 8.37 Å². The van der Waals surface area contributed by atoms with Gasteiger partial charge in [0.05, 0.1) is 23.0 Å². The van der Waals surface area contributed by atoms with Crippen LogP contribution in [-0.2, 0) is 28.6 Å². The van der Waals surface area contributed by atoms with Gasteiger partial charge in [-0.2, -0.15) is 16.8 Å². The Morgan fingerprint density at radius 2 is 0.958 bits per heavy atom. The molecule has 0 aromatic heterocycles. The first-order valence-corrected chi connectivity index (χ1v) is 21.6. The molecule has 2 aromatic carbocycles. The number of hydrogen-bond donors (Lipinski definition) is 0. The van der Waals surface area contributed by atoms with Crippen LogP contribution in [0.3, 0.4) is 0 Å². The molecule has 11 rings (SSSR count). The predicted molar refractivity (Wildman–Crippen MR) is 181 cm³/mol. The number of aryl methyl sites for hydroxylation is 2. The van der Waals surface area contributed by atoms with E-state index in [0.29, 0.717) is 46.3 Å². The van der Waals surface area contributed by atoms with Crippen molar-refractivity contribution in [2.45, 2.75) is 76.0 Å². The van der Waals surface area contributed by atoms with E-state index in [9.17, 15) is 16.8 Å². The van der Waals surface area contributed by atoms with Gasteiger partial charge < -0.3 is 0 Å². The smallest absolute Gasteiger partial charge is 0.266 e. The topological polar surface area (TPSA) is 86.7 Å². The Balaban J connectivity index is 0.971. The molecule has 48 heavy (non-hydrogen) atoms. The molecule has 9 aliphatic carbocycles. The van der Waals surface area contributed by atoms with Gasteiger partial charge in [-0.25, -0.2) is 0 Å². The summed E-state index contributed by atoms with van der Waals surface area (Å²) in [7, 11) is -7.89. The Kier molecular flexibility index (Phi) is 6.45. The van der Waals surface area contributed by atoms with Crippen molar-refractivity contribution in [2.75, 3.05) is 13.2 Å². The van der Waals surface area contributed by atoms with Gasteiger partial charge in [0.1, 0.15) is 0 Å². The molecule has 0 N–H and O–H groups in total. The number of hydrogen-bond acceptors (Lipinski definition) is 6. The largest absolute Gasteiger partial charge is 0.296 e. The van der Waals surface area contributed by atoms with Crippen molar-refractivity contribution < 1.29 is 25.2 Å². The summed E-state index contributed by atoms with van der Waals surface area (Å²) in [4.78, 5) is 0.355. The van der Waals surface area contributed by atoms with Gasteiger partial charge in [-0.1, -0.05) is 49.2 Å². The standard InChI is InChI=1S/C40H50O6S2/c1-21-5-11-25(12-6-21)47(41,42)45-19-31-27-15-16-28(32(31)20-46-48(43,44)26-13-7-22(2)8-14-26)34-30-18-29(33(27)34)37-38(30)40(4)36-24-10-9-23(17-24)35(36)39(37,40)3/h5-8,11-14,23-24,27-38H,9-10,15-20H2,1-4H3/t23-,24+,27-,28+,29-,30+,31-,32-,33+,34-,35+,36-,37-,38+,39+,40-/m1/s1. The third-order valence-corrected chi connectivity index (χ3v) is 19.6. The van der Waals surface area contributed by atoms with Crippen molar-refractivity contribution in [2.24, 2.45) is 93.7 Å². The second-order valence-corrected chi connectivity index (χ2v) is 21.3. The van der Waals surface area contributed by atoms with E-state index < -0.39 is 20.2 Å². The van der Waals surface area contributed by atoms with E-state index in [4.69, 9.17) is 8.37 Å². The van der Waals surface area contributed by atoms with Crippen LogP contribution in [0.4, 0.5) is 0 Å². The van der Waals surface area contributed by atoms with Crippen LogP contribution in [0, 0.1) is 108 Å². The lowest BCUT2D eigenvalue weighted by atomic mass is 9.19. The highest BCUT2D eigenvalue weighted by molar-refractivity contribution is 7.87. The van der Waals surface area contributed by atoms with Crippen molar-refractivity contribution in [1.29, 1.82) is 0 Å². The summed E-state index contributed by atoms with van der Waals surface area (Å²) >= 11 is 0. The van der Waals surface area contributed by atoms with Crippen LogP contribution in [0.2, 0.25) is 0 Å². The molecule has 8 heteroatoms. The lowest BCUT2D eigenvalue weighted by Crippen LogP contribution is -2.82. The Morgan fingerprint density at radius 3 is 1.35 bits per heavy atom. The van der Waals surface area contributed by atoms with Crippen LogP contribution in [0.25, 0.3) is 0 Å². The Morgan fingerprint density at radius 1 is 0.562 bits per heavy atom. The highest BCUT2D eigenvalue weighted by Gasteiger charge is 2.90. The molecule has 0 saturated heterocycles. The molecule has 9 fully saturated rings. The third kappa shape index (κ3) is 3.72. The first-order valence-electron chi connectivity index (χ1n) is 18.8. The summed E-state index contributed by atoms with van der Waals surface area (Å²) in [5.41, 5.74) is 2.92. The average molecular weight is 691 g/mol. The second kappa shape index (κ2) is 9.98. The molecule has 2 aromatic rings. The second-order valence-electron chi connectivity index (χ2n) is 18.1. The first-order chi connectivity index (χ1) is 22.9. The number of benzene rings is 2. The normalized spacial score (nSPS) is 48.8. The summed E-state index contributed by atoms with van der Waals surface area (Å²) in [5, 5.41) is 0. The molecule has 258 valence electrons. The molecule has 6 bridgehead atoms. The van der Waals surface area contributed by atoms with Crippen molar-refractivity contribution in [1.82, 2.24) is 0 Å². The summed E-state index contributed by atoms with van der Waals surface area (Å²) in [6.07, 6.45) is 7.84. The third-order valence-electron chi connectivity index (χ3n) is 17.1. The Bertz CT molecular complexity index is 1740. The Hall–Kier alpha value is -1.74. The predicted octanol–water partition coefficient (Wildman–Crippen LogP) is 7.50. The zero-order valence-corrected chi connectivity index (χ0v) is 30.3. The van der Waals surface area contributed by atoms with Crippen LogP contribution in [0.1, 0.15) is 63.5 Å². The van der Waals surface area contributed by atoms with Gasteiger partial charge in [0.25, 0.3) is 20.2 Å². The fourth-order valence-corrected chi connectivity index (χ4v) is 17.7. The minimum Gasteiger partial charge on any atom is -0.266 e. The summed E-state index contributed by atoms with van der Waals surface area (Å²) in [6, 6.07) is 13.7.